The zero-order chi connectivity index (χ0) is 12.0. The molecule has 1 amide bonds. The molecule has 15 heavy (non-hydrogen) atoms. The Bertz CT molecular complexity index is 193. The smallest absolute Gasteiger partial charge is 0.226 e. The van der Waals surface area contributed by atoms with Crippen molar-refractivity contribution in [1.82, 2.24) is 4.90 Å². The Morgan fingerprint density at radius 2 is 1.93 bits per heavy atom. The van der Waals surface area contributed by atoms with Gasteiger partial charge in [-0.3, -0.25) is 4.79 Å². The fourth-order valence-electron chi connectivity index (χ4n) is 1.43. The second-order valence-corrected chi connectivity index (χ2v) is 4.48. The van der Waals surface area contributed by atoms with Gasteiger partial charge in [0.05, 0.1) is 12.0 Å². The zero-order valence-corrected chi connectivity index (χ0v) is 10.2. The van der Waals surface area contributed by atoms with Crippen molar-refractivity contribution in [2.45, 2.75) is 33.3 Å². The van der Waals surface area contributed by atoms with Crippen LogP contribution >= 0.6 is 0 Å². The van der Waals surface area contributed by atoms with Crippen molar-refractivity contribution in [2.75, 3.05) is 20.1 Å². The van der Waals surface area contributed by atoms with Crippen molar-refractivity contribution in [2.24, 2.45) is 17.6 Å². The van der Waals surface area contributed by atoms with Crippen LogP contribution in [-0.2, 0) is 4.79 Å². The predicted molar refractivity (Wildman–Crippen MR) is 61.3 cm³/mol. The van der Waals surface area contributed by atoms with Crippen LogP contribution in [0.3, 0.4) is 0 Å². The van der Waals surface area contributed by atoms with Crippen LogP contribution in [0.15, 0.2) is 0 Å². The molecule has 0 aromatic rings. The molecule has 0 saturated heterocycles. The Balaban J connectivity index is 4.16. The molecule has 0 bridgehead atoms. The molecule has 0 aliphatic heterocycles. The summed E-state index contributed by atoms with van der Waals surface area (Å²) in [6, 6.07) is 0. The molecule has 0 saturated carbocycles. The average molecular weight is 216 g/mol. The van der Waals surface area contributed by atoms with E-state index < -0.39 is 0 Å². The van der Waals surface area contributed by atoms with Gasteiger partial charge in [-0.05, 0) is 19.3 Å². The lowest BCUT2D eigenvalue weighted by atomic mass is 9.94. The van der Waals surface area contributed by atoms with E-state index in [1.165, 1.54) is 0 Å². The first-order chi connectivity index (χ1) is 6.90. The second kappa shape index (κ2) is 6.80. The van der Waals surface area contributed by atoms with Crippen molar-refractivity contribution >= 4 is 5.91 Å². The van der Waals surface area contributed by atoms with Crippen molar-refractivity contribution in [3.63, 3.8) is 0 Å². The molecule has 0 aromatic carbocycles. The molecule has 90 valence electrons. The number of nitrogens with two attached hydrogens (primary N) is 1. The first kappa shape index (κ1) is 14.4. The van der Waals surface area contributed by atoms with E-state index in [2.05, 4.69) is 0 Å². The Labute approximate surface area is 92.4 Å². The Morgan fingerprint density at radius 1 is 1.40 bits per heavy atom. The summed E-state index contributed by atoms with van der Waals surface area (Å²) in [5.41, 5.74) is 5.57. The van der Waals surface area contributed by atoms with Gasteiger partial charge in [0.1, 0.15) is 0 Å². The van der Waals surface area contributed by atoms with E-state index in [-0.39, 0.29) is 23.8 Å². The molecule has 3 N–H and O–H groups in total. The summed E-state index contributed by atoms with van der Waals surface area (Å²) in [6.45, 7) is 6.69. The molecule has 2 unspecified atom stereocenters. The highest BCUT2D eigenvalue weighted by Gasteiger charge is 2.23. The van der Waals surface area contributed by atoms with Gasteiger partial charge in [0.25, 0.3) is 0 Å². The topological polar surface area (TPSA) is 66.6 Å². The molecule has 4 nitrogen and oxygen atoms in total. The van der Waals surface area contributed by atoms with Crippen molar-refractivity contribution in [3.8, 4) is 0 Å². The van der Waals surface area contributed by atoms with Gasteiger partial charge in [-0.1, -0.05) is 13.8 Å². The number of rotatable bonds is 6. The largest absolute Gasteiger partial charge is 0.393 e. The van der Waals surface area contributed by atoms with Crippen LogP contribution in [0, 0.1) is 11.8 Å². The zero-order valence-electron chi connectivity index (χ0n) is 10.2. The Kier molecular flexibility index (Phi) is 6.52. The van der Waals surface area contributed by atoms with Crippen LogP contribution in [0.5, 0.6) is 0 Å². The van der Waals surface area contributed by atoms with E-state index in [9.17, 15) is 4.79 Å². The summed E-state index contributed by atoms with van der Waals surface area (Å²) in [5.74, 6) is 0.230. The maximum Gasteiger partial charge on any atom is 0.226 e. The van der Waals surface area contributed by atoms with Gasteiger partial charge >= 0.3 is 0 Å². The molecular weight excluding hydrogens is 192 g/mol. The molecular formula is C11H24N2O2. The van der Waals surface area contributed by atoms with Gasteiger partial charge in [0, 0.05) is 20.1 Å². The van der Waals surface area contributed by atoms with E-state index >= 15 is 0 Å². The summed E-state index contributed by atoms with van der Waals surface area (Å²) in [6.07, 6.45) is 0.244. The molecule has 0 aliphatic rings. The molecule has 0 fully saturated rings. The van der Waals surface area contributed by atoms with Crippen LogP contribution in [0.2, 0.25) is 0 Å². The number of hydrogen-bond acceptors (Lipinski definition) is 3. The van der Waals surface area contributed by atoms with Crippen molar-refractivity contribution in [3.05, 3.63) is 0 Å². The number of amides is 1. The number of carbonyl (C=O) groups is 1. The molecule has 0 radical (unpaired) electrons. The molecule has 4 heteroatoms. The fraction of sp³-hybridized carbons (Fsp3) is 0.909. The SMILES string of the molecule is CC(O)CCN(C)C(=O)C(CN)C(C)C. The van der Waals surface area contributed by atoms with E-state index in [1.54, 1.807) is 18.9 Å². The van der Waals surface area contributed by atoms with Crippen LogP contribution in [0.25, 0.3) is 0 Å². The van der Waals surface area contributed by atoms with Gasteiger partial charge in [-0.2, -0.15) is 0 Å². The lowest BCUT2D eigenvalue weighted by Gasteiger charge is -2.25. The van der Waals surface area contributed by atoms with Crippen LogP contribution in [0.1, 0.15) is 27.2 Å². The third-order valence-electron chi connectivity index (χ3n) is 2.63. The monoisotopic (exact) mass is 216 g/mol. The van der Waals surface area contributed by atoms with Crippen LogP contribution in [-0.4, -0.2) is 42.2 Å². The van der Waals surface area contributed by atoms with Gasteiger partial charge in [-0.15, -0.1) is 0 Å². The first-order valence-electron chi connectivity index (χ1n) is 5.53. The van der Waals surface area contributed by atoms with Crippen molar-refractivity contribution in [1.29, 1.82) is 0 Å². The summed E-state index contributed by atoms with van der Waals surface area (Å²) >= 11 is 0. The Hall–Kier alpha value is -0.610. The van der Waals surface area contributed by atoms with E-state index in [0.29, 0.717) is 19.5 Å². The minimum absolute atomic E-state index is 0.0770. The maximum atomic E-state index is 11.9. The number of nitrogens with zero attached hydrogens (tertiary/aromatic N) is 1. The Morgan fingerprint density at radius 3 is 2.27 bits per heavy atom. The summed E-state index contributed by atoms with van der Waals surface area (Å²) in [4.78, 5) is 13.5. The lowest BCUT2D eigenvalue weighted by molar-refractivity contribution is -0.135. The number of aliphatic hydroxyl groups excluding tert-OH is 1. The highest BCUT2D eigenvalue weighted by Crippen LogP contribution is 2.12. The van der Waals surface area contributed by atoms with Gasteiger partial charge in [0.2, 0.25) is 5.91 Å². The predicted octanol–water partition coefficient (Wildman–Crippen LogP) is 0.447. The number of hydrogen-bond donors (Lipinski definition) is 2. The molecule has 0 aliphatic carbocycles. The molecule has 0 heterocycles. The van der Waals surface area contributed by atoms with E-state index in [4.69, 9.17) is 10.8 Å². The van der Waals surface area contributed by atoms with Gasteiger partial charge in [0.15, 0.2) is 0 Å². The average Bonchev–Trinajstić information content (AvgIpc) is 2.14. The standard InChI is InChI=1S/C11H24N2O2/c1-8(2)10(7-12)11(15)13(4)6-5-9(3)14/h8-10,14H,5-7,12H2,1-4H3. The minimum atomic E-state index is -0.365. The first-order valence-corrected chi connectivity index (χ1v) is 5.53. The third-order valence-corrected chi connectivity index (χ3v) is 2.63. The normalized spacial score (nSPS) is 15.1. The van der Waals surface area contributed by atoms with E-state index in [1.807, 2.05) is 13.8 Å². The fourth-order valence-corrected chi connectivity index (χ4v) is 1.43. The maximum absolute atomic E-state index is 11.9. The van der Waals surface area contributed by atoms with Crippen LogP contribution < -0.4 is 5.73 Å². The van der Waals surface area contributed by atoms with E-state index in [0.717, 1.165) is 0 Å². The third kappa shape index (κ3) is 5.14. The second-order valence-electron chi connectivity index (χ2n) is 4.48. The number of carbonyl (C=O) groups excluding carboxylic acids is 1. The highest BCUT2D eigenvalue weighted by molar-refractivity contribution is 5.79. The summed E-state index contributed by atoms with van der Waals surface area (Å²) < 4.78 is 0. The van der Waals surface area contributed by atoms with Gasteiger partial charge < -0.3 is 15.7 Å². The molecule has 0 spiro atoms. The lowest BCUT2D eigenvalue weighted by Crippen LogP contribution is -2.40. The molecule has 2 atom stereocenters. The minimum Gasteiger partial charge on any atom is -0.393 e. The molecule has 0 aromatic heterocycles. The summed E-state index contributed by atoms with van der Waals surface area (Å²) in [5, 5.41) is 9.13. The van der Waals surface area contributed by atoms with Crippen LogP contribution in [0.4, 0.5) is 0 Å². The highest BCUT2D eigenvalue weighted by atomic mass is 16.3. The van der Waals surface area contributed by atoms with Crippen molar-refractivity contribution < 1.29 is 9.90 Å². The quantitative estimate of drug-likeness (QED) is 0.677. The number of aliphatic hydroxyl groups is 1. The summed E-state index contributed by atoms with van der Waals surface area (Å²) in [7, 11) is 1.76. The van der Waals surface area contributed by atoms with Gasteiger partial charge in [-0.25, -0.2) is 0 Å². The molecule has 0 rings (SSSR count).